The molecule has 1 aliphatic rings. The summed E-state index contributed by atoms with van der Waals surface area (Å²) < 4.78 is 8.40. The normalized spacial score (nSPS) is 13.2. The summed E-state index contributed by atoms with van der Waals surface area (Å²) in [6, 6.07) is 15.0. The quantitative estimate of drug-likeness (QED) is 0.453. The highest BCUT2D eigenvalue weighted by molar-refractivity contribution is 7.18. The van der Waals surface area contributed by atoms with Crippen LogP contribution in [0.3, 0.4) is 0 Å². The lowest BCUT2D eigenvalue weighted by molar-refractivity contribution is -0.129. The number of hydrogen-bond acceptors (Lipinski definition) is 5. The van der Waals surface area contributed by atoms with E-state index in [0.717, 1.165) is 21.6 Å². The third kappa shape index (κ3) is 3.54. The number of amides is 1. The maximum atomic E-state index is 13.9. The molecule has 1 amide bonds. The van der Waals surface area contributed by atoms with Gasteiger partial charge in [-0.25, -0.2) is 9.36 Å². The fourth-order valence-corrected chi connectivity index (χ4v) is 5.95. The molecule has 0 aliphatic carbocycles. The van der Waals surface area contributed by atoms with Gasteiger partial charge < -0.3 is 9.64 Å². The van der Waals surface area contributed by atoms with Crippen LogP contribution < -0.4 is 16.0 Å². The van der Waals surface area contributed by atoms with Gasteiger partial charge in [0.15, 0.2) is 0 Å². The van der Waals surface area contributed by atoms with Crippen LogP contribution in [0.5, 0.6) is 5.75 Å². The average Bonchev–Trinajstić information content (AvgIpc) is 3.22. The number of aryl methyl sites for hydroxylation is 1. The van der Waals surface area contributed by atoms with Crippen LogP contribution in [0.2, 0.25) is 0 Å². The van der Waals surface area contributed by atoms with Crippen LogP contribution in [-0.2, 0) is 24.3 Å². The van der Waals surface area contributed by atoms with E-state index in [-0.39, 0.29) is 11.5 Å². The monoisotopic (exact) mass is 475 g/mol. The van der Waals surface area contributed by atoms with E-state index in [2.05, 4.69) is 0 Å². The molecule has 7 nitrogen and oxygen atoms in total. The summed E-state index contributed by atoms with van der Waals surface area (Å²) in [4.78, 5) is 43.1. The van der Waals surface area contributed by atoms with Crippen LogP contribution in [0.25, 0.3) is 15.9 Å². The fourth-order valence-electron chi connectivity index (χ4n) is 4.60. The number of aromatic nitrogens is 2. The van der Waals surface area contributed by atoms with Gasteiger partial charge in [-0.3, -0.25) is 14.2 Å². The molecule has 3 heterocycles. The number of carbonyl (C=O) groups excluding carboxylic acids is 1. The molecule has 4 aromatic rings. The topological polar surface area (TPSA) is 73.5 Å². The summed E-state index contributed by atoms with van der Waals surface area (Å²) in [6.07, 6.45) is 0.582. The third-order valence-corrected chi connectivity index (χ3v) is 7.72. The minimum Gasteiger partial charge on any atom is -0.495 e. The van der Waals surface area contributed by atoms with Crippen molar-refractivity contribution in [2.75, 3.05) is 13.7 Å². The molecule has 0 bridgehead atoms. The van der Waals surface area contributed by atoms with Crippen molar-refractivity contribution in [3.05, 3.63) is 90.9 Å². The predicted octanol–water partition coefficient (Wildman–Crippen LogP) is 3.48. The first-order chi connectivity index (χ1) is 16.4. The Labute approximate surface area is 200 Å². The third-order valence-electron chi connectivity index (χ3n) is 6.48. The Morgan fingerprint density at radius 3 is 2.56 bits per heavy atom. The number of hydrogen-bond donors (Lipinski definition) is 0. The molecule has 2 aromatic heterocycles. The molecular formula is C26H25N3O4S. The van der Waals surface area contributed by atoms with Crippen molar-refractivity contribution in [2.24, 2.45) is 0 Å². The van der Waals surface area contributed by atoms with E-state index in [1.165, 1.54) is 23.0 Å². The molecule has 0 saturated carbocycles. The van der Waals surface area contributed by atoms with Gasteiger partial charge in [0.1, 0.15) is 10.6 Å². The molecule has 0 spiro atoms. The van der Waals surface area contributed by atoms with Crippen LogP contribution >= 0.6 is 11.3 Å². The molecule has 34 heavy (non-hydrogen) atoms. The van der Waals surface area contributed by atoms with Gasteiger partial charge in [-0.05, 0) is 42.2 Å². The SMILES string of the molecule is COc1ccccc1-n1c(=O)c2c3c(sc2n(Cc2ccccc2C)c1=O)CN(C(C)=O)CC3. The fraction of sp³-hybridized carbons (Fsp3) is 0.269. The molecule has 0 N–H and O–H groups in total. The van der Waals surface area contributed by atoms with Gasteiger partial charge in [-0.15, -0.1) is 11.3 Å². The van der Waals surface area contributed by atoms with Crippen molar-refractivity contribution in [3.63, 3.8) is 0 Å². The van der Waals surface area contributed by atoms with Crippen LogP contribution in [0.15, 0.2) is 58.1 Å². The van der Waals surface area contributed by atoms with Crippen molar-refractivity contribution < 1.29 is 9.53 Å². The standard InChI is InChI=1S/C26H25N3O4S/c1-16-8-4-5-9-18(16)14-28-25-23(19-12-13-27(17(2)30)15-22(19)34-25)24(31)29(26(28)32)20-10-6-7-11-21(20)33-3/h4-11H,12-15H2,1-3H3. The number of para-hydroxylation sites is 2. The van der Waals surface area contributed by atoms with E-state index in [1.54, 1.807) is 40.7 Å². The first kappa shape index (κ1) is 22.2. The molecule has 0 saturated heterocycles. The largest absolute Gasteiger partial charge is 0.495 e. The molecule has 8 heteroatoms. The number of methoxy groups -OCH3 is 1. The summed E-state index contributed by atoms with van der Waals surface area (Å²) in [5.74, 6) is 0.460. The lowest BCUT2D eigenvalue weighted by Gasteiger charge is -2.25. The molecule has 0 radical (unpaired) electrons. The molecule has 1 aliphatic heterocycles. The van der Waals surface area contributed by atoms with E-state index in [4.69, 9.17) is 4.74 Å². The summed E-state index contributed by atoms with van der Waals surface area (Å²) in [5, 5.41) is 0.558. The number of fused-ring (bicyclic) bond motifs is 3. The Hall–Kier alpha value is -3.65. The van der Waals surface area contributed by atoms with E-state index >= 15 is 0 Å². The zero-order valence-corrected chi connectivity index (χ0v) is 20.1. The van der Waals surface area contributed by atoms with Crippen LogP contribution in [0, 0.1) is 6.92 Å². The number of carbonyl (C=O) groups is 1. The molecular weight excluding hydrogens is 450 g/mol. The van der Waals surface area contributed by atoms with Gasteiger partial charge in [0.25, 0.3) is 5.56 Å². The first-order valence-corrected chi connectivity index (χ1v) is 12.0. The highest BCUT2D eigenvalue weighted by Gasteiger charge is 2.28. The second-order valence-electron chi connectivity index (χ2n) is 8.48. The van der Waals surface area contributed by atoms with Gasteiger partial charge in [0.2, 0.25) is 5.91 Å². The smallest absolute Gasteiger partial charge is 0.337 e. The van der Waals surface area contributed by atoms with Crippen molar-refractivity contribution in [3.8, 4) is 11.4 Å². The minimum atomic E-state index is -0.410. The zero-order chi connectivity index (χ0) is 24.0. The number of benzene rings is 2. The maximum Gasteiger partial charge on any atom is 0.337 e. The molecule has 5 rings (SSSR count). The Balaban J connectivity index is 1.83. The maximum absolute atomic E-state index is 13.9. The Morgan fingerprint density at radius 2 is 1.82 bits per heavy atom. The highest BCUT2D eigenvalue weighted by atomic mass is 32.1. The molecule has 0 atom stereocenters. The number of nitrogens with zero attached hydrogens (tertiary/aromatic N) is 3. The molecule has 2 aromatic carbocycles. The van der Waals surface area contributed by atoms with E-state index in [0.29, 0.717) is 47.7 Å². The summed E-state index contributed by atoms with van der Waals surface area (Å²) in [7, 11) is 1.52. The number of rotatable bonds is 4. The second-order valence-corrected chi connectivity index (χ2v) is 9.57. The lowest BCUT2D eigenvalue weighted by Crippen LogP contribution is -2.39. The van der Waals surface area contributed by atoms with E-state index < -0.39 is 5.69 Å². The molecule has 0 fully saturated rings. The van der Waals surface area contributed by atoms with Crippen molar-refractivity contribution >= 4 is 27.5 Å². The van der Waals surface area contributed by atoms with Crippen molar-refractivity contribution in [1.29, 1.82) is 0 Å². The highest BCUT2D eigenvalue weighted by Crippen LogP contribution is 2.34. The predicted molar refractivity (Wildman–Crippen MR) is 133 cm³/mol. The Kier molecular flexibility index (Phi) is 5.61. The zero-order valence-electron chi connectivity index (χ0n) is 19.3. The average molecular weight is 476 g/mol. The summed E-state index contributed by atoms with van der Waals surface area (Å²) >= 11 is 1.44. The minimum absolute atomic E-state index is 0.00633. The molecule has 0 unspecified atom stereocenters. The molecule has 174 valence electrons. The summed E-state index contributed by atoms with van der Waals surface area (Å²) in [6.45, 7) is 4.92. The van der Waals surface area contributed by atoms with Crippen LogP contribution in [0.1, 0.15) is 28.5 Å². The first-order valence-electron chi connectivity index (χ1n) is 11.1. The number of ether oxygens (including phenoxy) is 1. The van der Waals surface area contributed by atoms with Gasteiger partial charge in [0, 0.05) is 18.3 Å². The Bertz CT molecular complexity index is 1550. The van der Waals surface area contributed by atoms with Crippen molar-refractivity contribution in [1.82, 2.24) is 14.0 Å². The van der Waals surface area contributed by atoms with Crippen molar-refractivity contribution in [2.45, 2.75) is 33.4 Å². The van der Waals surface area contributed by atoms with Gasteiger partial charge in [0.05, 0.1) is 31.3 Å². The van der Waals surface area contributed by atoms with Gasteiger partial charge in [-0.2, -0.15) is 0 Å². The Morgan fingerprint density at radius 1 is 1.09 bits per heavy atom. The van der Waals surface area contributed by atoms with Gasteiger partial charge >= 0.3 is 5.69 Å². The second kappa shape index (κ2) is 8.61. The van der Waals surface area contributed by atoms with Crippen LogP contribution in [0.4, 0.5) is 0 Å². The van der Waals surface area contributed by atoms with Crippen LogP contribution in [-0.4, -0.2) is 33.6 Å². The lowest BCUT2D eigenvalue weighted by atomic mass is 10.0. The van der Waals surface area contributed by atoms with E-state index in [1.807, 2.05) is 31.2 Å². The summed E-state index contributed by atoms with van der Waals surface area (Å²) in [5.41, 5.74) is 2.67. The number of thiophene rings is 1. The van der Waals surface area contributed by atoms with E-state index in [9.17, 15) is 14.4 Å². The van der Waals surface area contributed by atoms with Gasteiger partial charge in [-0.1, -0.05) is 36.4 Å².